The summed E-state index contributed by atoms with van der Waals surface area (Å²) < 4.78 is 30.1. The number of alkyl halides is 2. The molecule has 2 atom stereocenters. The highest BCUT2D eigenvalue weighted by Crippen LogP contribution is 2.57. The predicted molar refractivity (Wildman–Crippen MR) is 170 cm³/mol. The minimum absolute atomic E-state index is 0.0943. The Balaban J connectivity index is 1.64. The number of carbonyl (C=O) groups excluding carboxylic acids is 4. The fourth-order valence-electron chi connectivity index (χ4n) is 5.80. The minimum Gasteiger partial charge on any atom is -0.389 e. The molecule has 2 aromatic rings. The Hall–Kier alpha value is -2.81. The average Bonchev–Trinajstić information content (AvgIpc) is 3.25. The minimum atomic E-state index is -3.77. The van der Waals surface area contributed by atoms with Crippen LogP contribution in [-0.2, 0) is 26.9 Å². The quantitative estimate of drug-likeness (QED) is 0.274. The van der Waals surface area contributed by atoms with Crippen molar-refractivity contribution in [2.75, 3.05) is 0 Å². The summed E-state index contributed by atoms with van der Waals surface area (Å²) in [5.41, 5.74) is -0.242. The van der Waals surface area contributed by atoms with Crippen LogP contribution in [0.5, 0.6) is 0 Å². The van der Waals surface area contributed by atoms with Crippen molar-refractivity contribution in [3.63, 3.8) is 0 Å². The molecule has 0 bridgehead atoms. The van der Waals surface area contributed by atoms with Gasteiger partial charge in [-0.2, -0.15) is 8.78 Å². The molecule has 4 amide bonds. The Morgan fingerprint density at radius 1 is 1.00 bits per heavy atom. The number of benzene rings is 2. The van der Waals surface area contributed by atoms with E-state index in [9.17, 15) is 19.2 Å². The van der Waals surface area contributed by atoms with Crippen molar-refractivity contribution in [1.82, 2.24) is 14.5 Å². The summed E-state index contributed by atoms with van der Waals surface area (Å²) in [4.78, 5) is 56.7. The fourth-order valence-corrected chi connectivity index (χ4v) is 5.93. The van der Waals surface area contributed by atoms with Crippen molar-refractivity contribution in [3.8, 4) is 0 Å². The Morgan fingerprint density at radius 3 is 2.15 bits per heavy atom. The predicted octanol–water partition coefficient (Wildman–Crippen LogP) is -4.89. The number of carbonyl (C=O) groups is 4. The molecule has 4 rings (SSSR count). The summed E-state index contributed by atoms with van der Waals surface area (Å²) >= 11 is 5.81. The van der Waals surface area contributed by atoms with Crippen LogP contribution in [0.1, 0.15) is 33.0 Å². The monoisotopic (exact) mass is 557 g/mol. The molecule has 0 aromatic heterocycles. The maximum absolute atomic E-state index is 15.1. The van der Waals surface area contributed by atoms with Gasteiger partial charge in [0.15, 0.2) is 0 Å². The van der Waals surface area contributed by atoms with E-state index in [0.29, 0.717) is 16.7 Å². The molecule has 2 aliphatic heterocycles. The molecule has 2 heterocycles. The molecule has 40 heavy (non-hydrogen) atoms. The van der Waals surface area contributed by atoms with E-state index in [0.717, 1.165) is 21.8 Å². The summed E-state index contributed by atoms with van der Waals surface area (Å²) in [6.07, 6.45) is 0. The van der Waals surface area contributed by atoms with E-state index in [2.05, 4.69) is 0 Å². The molecule has 0 N–H and O–H groups in total. The molecule has 1 unspecified atom stereocenters. The van der Waals surface area contributed by atoms with E-state index in [4.69, 9.17) is 11.6 Å². The van der Waals surface area contributed by atoms with Gasteiger partial charge in [-0.05, 0) is 34.5 Å². The van der Waals surface area contributed by atoms with Crippen molar-refractivity contribution in [1.29, 1.82) is 0 Å². The van der Waals surface area contributed by atoms with Crippen LogP contribution in [-0.4, -0.2) is 107 Å². The lowest BCUT2D eigenvalue weighted by Gasteiger charge is -2.61. The second-order valence-corrected chi connectivity index (χ2v) is 12.4. The lowest BCUT2D eigenvalue weighted by molar-refractivity contribution is -0.154. The number of fused-ring (bicyclic) bond motifs is 1. The van der Waals surface area contributed by atoms with Gasteiger partial charge in [-0.3, -0.25) is 19.2 Å². The first-order valence-electron chi connectivity index (χ1n) is 13.0. The topological polar surface area (TPSA) is 78.0 Å². The van der Waals surface area contributed by atoms with Crippen molar-refractivity contribution in [3.05, 3.63) is 69.7 Å². The van der Waals surface area contributed by atoms with Crippen molar-refractivity contribution in [2.45, 2.75) is 34.3 Å². The molecule has 2 aliphatic rings. The van der Waals surface area contributed by atoms with Gasteiger partial charge in [0, 0.05) is 28.6 Å². The van der Waals surface area contributed by atoms with Gasteiger partial charge in [-0.1, -0.05) is 41.1 Å². The molecule has 7 nitrogen and oxygen atoms in total. The van der Waals surface area contributed by atoms with Crippen LogP contribution >= 0.6 is 11.6 Å². The van der Waals surface area contributed by atoms with Gasteiger partial charge in [0.1, 0.15) is 47.1 Å². The van der Waals surface area contributed by atoms with E-state index < -0.39 is 45.1 Å². The average molecular weight is 556 g/mol. The van der Waals surface area contributed by atoms with Crippen molar-refractivity contribution >= 4 is 98.3 Å². The molecule has 18 heteroatoms. The number of piperidine rings is 1. The molecular formula is C22H26B8ClF2N3O4. The molecule has 0 saturated carbocycles. The molecule has 1 fully saturated rings. The van der Waals surface area contributed by atoms with Gasteiger partial charge in [-0.15, -0.1) is 0 Å². The van der Waals surface area contributed by atoms with E-state index in [1.807, 2.05) is 15.7 Å². The summed E-state index contributed by atoms with van der Waals surface area (Å²) in [6.45, 7) is 0.0943. The highest BCUT2D eigenvalue weighted by molar-refractivity contribution is 6.68. The smallest absolute Gasteiger partial charge is 0.348 e. The summed E-state index contributed by atoms with van der Waals surface area (Å²) in [7, 11) is 13.2. The fraction of sp³-hybridized carbons (Fsp3) is 0.273. The van der Waals surface area contributed by atoms with Gasteiger partial charge in [0.2, 0.25) is 27.8 Å². The van der Waals surface area contributed by atoms with Crippen LogP contribution in [0, 0.1) is 0 Å². The zero-order chi connectivity index (χ0) is 30.2. The second kappa shape index (κ2) is 9.64. The molecule has 0 spiro atoms. The number of halogens is 3. The number of hydrogen-bond donors (Lipinski definition) is 0. The van der Waals surface area contributed by atoms with Gasteiger partial charge in [-0.25, -0.2) is 0 Å². The van der Waals surface area contributed by atoms with Gasteiger partial charge >= 0.3 is 5.92 Å². The zero-order valence-corrected chi connectivity index (χ0v) is 24.7. The normalized spacial score (nSPS) is 22.6. The number of hydrogen-bond acceptors (Lipinski definition) is 4. The standard InChI is InChI=1S/C22H26B8ClF2N3O4/c23-14(35(29)16(38)19(32,33)11-2-4-12(31)5-3-11)9-1-6-13-10(7-9)8-34(15(13)37)21(26)18(40)36(30)17(39)20(24,25)22(21,27)28/h1-7,14H,8,23-30H2/t14?,21-/m1/s1. The highest BCUT2D eigenvalue weighted by atomic mass is 35.5. The Labute approximate surface area is 244 Å². The third-order valence-corrected chi connectivity index (χ3v) is 9.92. The maximum Gasteiger partial charge on any atom is 0.348 e. The largest absolute Gasteiger partial charge is 0.389 e. The first kappa shape index (κ1) is 30.2. The lowest BCUT2D eigenvalue weighted by atomic mass is 9.21. The van der Waals surface area contributed by atoms with Crippen LogP contribution in [0.4, 0.5) is 8.78 Å². The zero-order valence-electron chi connectivity index (χ0n) is 23.9. The Kier molecular flexibility index (Phi) is 7.27. The van der Waals surface area contributed by atoms with Crippen LogP contribution < -0.4 is 0 Å². The number of nitrogens with zero attached hydrogens (tertiary/aromatic N) is 3. The van der Waals surface area contributed by atoms with Crippen molar-refractivity contribution < 1.29 is 28.0 Å². The second-order valence-electron chi connectivity index (χ2n) is 12.0. The van der Waals surface area contributed by atoms with Crippen LogP contribution in [0.25, 0.3) is 0 Å². The SMILES string of the molecule is BC(c1ccc2c(c1)CN([C@]1(B)C(=O)N(B)C(=O)C(B)(B)C1(B)B)C2=O)N(B)C(=O)C(F)(F)c1ccc(Cl)cc1. The van der Waals surface area contributed by atoms with Crippen LogP contribution in [0.3, 0.4) is 0 Å². The van der Waals surface area contributed by atoms with E-state index in [1.165, 1.54) is 33.0 Å². The maximum atomic E-state index is 15.1. The molecule has 1 saturated heterocycles. The third kappa shape index (κ3) is 4.10. The van der Waals surface area contributed by atoms with E-state index in [1.54, 1.807) is 49.6 Å². The van der Waals surface area contributed by atoms with Gasteiger partial charge in [0.05, 0.1) is 5.44 Å². The Morgan fingerprint density at radius 2 is 1.57 bits per heavy atom. The first-order valence-corrected chi connectivity index (χ1v) is 13.4. The molecular weight excluding hydrogens is 530 g/mol. The molecule has 2 aromatic carbocycles. The van der Waals surface area contributed by atoms with Crippen molar-refractivity contribution in [2.24, 2.45) is 0 Å². The molecule has 0 aliphatic carbocycles. The van der Waals surface area contributed by atoms with Crippen LogP contribution in [0.15, 0.2) is 42.5 Å². The molecule has 0 radical (unpaired) electrons. The third-order valence-electron chi connectivity index (χ3n) is 9.67. The summed E-state index contributed by atoms with van der Waals surface area (Å²) in [5.74, 6) is -7.02. The number of amides is 4. The summed E-state index contributed by atoms with van der Waals surface area (Å²) in [5, 5.41) is -1.59. The van der Waals surface area contributed by atoms with Gasteiger partial charge < -0.3 is 14.5 Å². The molecule has 198 valence electrons. The highest BCUT2D eigenvalue weighted by Gasteiger charge is 2.65. The number of imide groups is 1. The van der Waals surface area contributed by atoms with E-state index in [-0.39, 0.29) is 23.4 Å². The Bertz CT molecular complexity index is 1450. The summed E-state index contributed by atoms with van der Waals surface area (Å²) in [6, 6.07) is 9.79. The van der Waals surface area contributed by atoms with Crippen LogP contribution in [0.2, 0.25) is 15.5 Å². The lowest BCUT2D eigenvalue weighted by Crippen LogP contribution is -2.75. The number of rotatable bonds is 5. The first-order chi connectivity index (χ1) is 18.3. The van der Waals surface area contributed by atoms with Gasteiger partial charge in [0.25, 0.3) is 11.8 Å². The van der Waals surface area contributed by atoms with E-state index >= 15 is 8.78 Å².